The van der Waals surface area contributed by atoms with E-state index in [2.05, 4.69) is 9.97 Å². The summed E-state index contributed by atoms with van der Waals surface area (Å²) >= 11 is 11.6. The van der Waals surface area contributed by atoms with E-state index in [1.165, 1.54) is 18.2 Å². The number of amides is 1. The van der Waals surface area contributed by atoms with E-state index in [-0.39, 0.29) is 22.3 Å². The molecule has 1 saturated heterocycles. The van der Waals surface area contributed by atoms with Crippen LogP contribution in [0.25, 0.3) is 0 Å². The molecule has 1 fully saturated rings. The van der Waals surface area contributed by atoms with Gasteiger partial charge in [-0.15, -0.1) is 11.6 Å². The van der Waals surface area contributed by atoms with Crippen molar-refractivity contribution in [2.45, 2.75) is 11.8 Å². The molecule has 1 aromatic heterocycles. The number of anilines is 1. The smallest absolute Gasteiger partial charge is 0.259 e. The second-order valence-electron chi connectivity index (χ2n) is 3.33. The van der Waals surface area contributed by atoms with Crippen LogP contribution in [0.3, 0.4) is 0 Å². The van der Waals surface area contributed by atoms with Crippen LogP contribution in [0.5, 0.6) is 5.88 Å². The molecule has 1 atom stereocenters. The topological polar surface area (TPSA) is 55.3 Å². The standard InChI is InChI=1S/C9H9Cl2N3O2/c1-16-9-8(12-3-6(11)13-9)14-4-5(10)2-7(14)15/h3,5H,2,4H2,1H3. The Hall–Kier alpha value is -1.07. The number of ether oxygens (including phenoxy) is 1. The van der Waals surface area contributed by atoms with Gasteiger partial charge in [-0.1, -0.05) is 11.6 Å². The first-order valence-electron chi connectivity index (χ1n) is 4.62. The number of methoxy groups -OCH3 is 1. The number of alkyl halides is 1. The van der Waals surface area contributed by atoms with Gasteiger partial charge in [0.05, 0.1) is 18.7 Å². The van der Waals surface area contributed by atoms with Crippen molar-refractivity contribution in [2.75, 3.05) is 18.6 Å². The molecule has 0 aliphatic carbocycles. The Balaban J connectivity index is 2.36. The second-order valence-corrected chi connectivity index (χ2v) is 4.34. The van der Waals surface area contributed by atoms with E-state index in [0.717, 1.165) is 0 Å². The van der Waals surface area contributed by atoms with E-state index in [1.54, 1.807) is 0 Å². The Labute approximate surface area is 102 Å². The summed E-state index contributed by atoms with van der Waals surface area (Å²) in [6.45, 7) is 0.410. The highest BCUT2D eigenvalue weighted by Gasteiger charge is 2.32. The zero-order valence-electron chi connectivity index (χ0n) is 8.48. The molecule has 0 saturated carbocycles. The molecule has 2 heterocycles. The van der Waals surface area contributed by atoms with Crippen LogP contribution in [0, 0.1) is 0 Å². The van der Waals surface area contributed by atoms with Crippen LogP contribution in [0.2, 0.25) is 5.15 Å². The van der Waals surface area contributed by atoms with Gasteiger partial charge in [-0.25, -0.2) is 4.98 Å². The lowest BCUT2D eigenvalue weighted by atomic mass is 10.4. The minimum absolute atomic E-state index is 0.0880. The number of halogens is 2. The molecule has 1 aliphatic rings. The Kier molecular flexibility index (Phi) is 3.16. The molecule has 2 rings (SSSR count). The average molecular weight is 262 g/mol. The molecule has 16 heavy (non-hydrogen) atoms. The third-order valence-corrected chi connectivity index (χ3v) is 2.69. The van der Waals surface area contributed by atoms with Crippen LogP contribution in [-0.2, 0) is 4.79 Å². The molecule has 5 nitrogen and oxygen atoms in total. The fraction of sp³-hybridized carbons (Fsp3) is 0.444. The summed E-state index contributed by atoms with van der Waals surface area (Å²) in [4.78, 5) is 21.1. The van der Waals surface area contributed by atoms with Crippen LogP contribution in [0.1, 0.15) is 6.42 Å². The molecule has 0 spiro atoms. The number of nitrogens with zero attached hydrogens (tertiary/aromatic N) is 3. The summed E-state index contributed by atoms with van der Waals surface area (Å²) in [7, 11) is 1.45. The van der Waals surface area contributed by atoms with Crippen molar-refractivity contribution in [3.8, 4) is 5.88 Å². The van der Waals surface area contributed by atoms with Crippen LogP contribution in [0.15, 0.2) is 6.20 Å². The van der Waals surface area contributed by atoms with Crippen molar-refractivity contribution < 1.29 is 9.53 Å². The SMILES string of the molecule is COc1nc(Cl)cnc1N1CC(Cl)CC1=O. The lowest BCUT2D eigenvalue weighted by Crippen LogP contribution is -2.26. The number of aromatic nitrogens is 2. The van der Waals surface area contributed by atoms with Gasteiger partial charge in [0.1, 0.15) is 0 Å². The van der Waals surface area contributed by atoms with Crippen LogP contribution < -0.4 is 9.64 Å². The molecule has 7 heteroatoms. The van der Waals surface area contributed by atoms with Crippen molar-refractivity contribution in [1.29, 1.82) is 0 Å². The molecule has 1 unspecified atom stereocenters. The van der Waals surface area contributed by atoms with Gasteiger partial charge < -0.3 is 4.74 Å². The number of rotatable bonds is 2. The number of carbonyl (C=O) groups excluding carboxylic acids is 1. The summed E-state index contributed by atoms with van der Waals surface area (Å²) in [5.74, 6) is 0.501. The first-order valence-corrected chi connectivity index (χ1v) is 5.44. The molecule has 0 aromatic carbocycles. The Morgan fingerprint density at radius 1 is 1.62 bits per heavy atom. The number of hydrogen-bond donors (Lipinski definition) is 0. The van der Waals surface area contributed by atoms with Gasteiger partial charge in [0.2, 0.25) is 5.91 Å². The maximum Gasteiger partial charge on any atom is 0.259 e. The largest absolute Gasteiger partial charge is 0.478 e. The van der Waals surface area contributed by atoms with Gasteiger partial charge in [-0.3, -0.25) is 9.69 Å². The van der Waals surface area contributed by atoms with Gasteiger partial charge >= 0.3 is 0 Å². The van der Waals surface area contributed by atoms with Crippen molar-refractivity contribution >= 4 is 34.9 Å². The highest BCUT2D eigenvalue weighted by molar-refractivity contribution is 6.29. The minimum atomic E-state index is -0.199. The molecule has 0 bridgehead atoms. The molecular formula is C9H9Cl2N3O2. The highest BCUT2D eigenvalue weighted by Crippen LogP contribution is 2.29. The van der Waals surface area contributed by atoms with Gasteiger partial charge in [0, 0.05) is 13.0 Å². The van der Waals surface area contributed by atoms with Crippen LogP contribution in [-0.4, -0.2) is 34.9 Å². The maximum absolute atomic E-state index is 11.6. The van der Waals surface area contributed by atoms with Crippen molar-refractivity contribution in [1.82, 2.24) is 9.97 Å². The normalized spacial score (nSPS) is 20.3. The van der Waals surface area contributed by atoms with Crippen LogP contribution >= 0.6 is 23.2 Å². The van der Waals surface area contributed by atoms with E-state index >= 15 is 0 Å². The maximum atomic E-state index is 11.6. The predicted molar refractivity (Wildman–Crippen MR) is 60.2 cm³/mol. The third-order valence-electron chi connectivity index (χ3n) is 2.22. The zero-order valence-corrected chi connectivity index (χ0v) is 9.99. The third kappa shape index (κ3) is 2.05. The van der Waals surface area contributed by atoms with E-state index in [1.807, 2.05) is 0 Å². The Morgan fingerprint density at radius 2 is 2.38 bits per heavy atom. The molecule has 86 valence electrons. The first-order chi connectivity index (χ1) is 7.61. The fourth-order valence-corrected chi connectivity index (χ4v) is 1.93. The first kappa shape index (κ1) is 11.4. The summed E-state index contributed by atoms with van der Waals surface area (Å²) in [6, 6.07) is 0. The summed E-state index contributed by atoms with van der Waals surface area (Å²) in [5.41, 5.74) is 0. The number of carbonyl (C=O) groups is 1. The van der Waals surface area contributed by atoms with E-state index < -0.39 is 0 Å². The Morgan fingerprint density at radius 3 is 2.94 bits per heavy atom. The fourth-order valence-electron chi connectivity index (χ4n) is 1.54. The van der Waals surface area contributed by atoms with Crippen molar-refractivity contribution in [3.05, 3.63) is 11.3 Å². The summed E-state index contributed by atoms with van der Waals surface area (Å²) in [5, 5.41) is 0.0179. The van der Waals surface area contributed by atoms with Crippen LogP contribution in [0.4, 0.5) is 5.82 Å². The molecule has 1 aromatic rings. The van der Waals surface area contributed by atoms with E-state index in [0.29, 0.717) is 18.8 Å². The average Bonchev–Trinajstić information content (AvgIpc) is 2.57. The lowest BCUT2D eigenvalue weighted by molar-refractivity contribution is -0.117. The van der Waals surface area contributed by atoms with Crippen molar-refractivity contribution in [2.24, 2.45) is 0 Å². The van der Waals surface area contributed by atoms with Gasteiger partial charge in [-0.05, 0) is 0 Å². The quantitative estimate of drug-likeness (QED) is 0.757. The zero-order chi connectivity index (χ0) is 11.7. The second kappa shape index (κ2) is 4.43. The van der Waals surface area contributed by atoms with Gasteiger partial charge in [0.15, 0.2) is 11.0 Å². The van der Waals surface area contributed by atoms with E-state index in [4.69, 9.17) is 27.9 Å². The Bertz CT molecular complexity index is 427. The molecule has 1 amide bonds. The molecule has 0 radical (unpaired) electrons. The van der Waals surface area contributed by atoms with Gasteiger partial charge in [-0.2, -0.15) is 4.98 Å². The summed E-state index contributed by atoms with van der Waals surface area (Å²) in [6.07, 6.45) is 1.67. The van der Waals surface area contributed by atoms with Crippen molar-refractivity contribution in [3.63, 3.8) is 0 Å². The summed E-state index contributed by atoms with van der Waals surface area (Å²) < 4.78 is 5.03. The minimum Gasteiger partial charge on any atom is -0.478 e. The molecule has 0 N–H and O–H groups in total. The molecular weight excluding hydrogens is 253 g/mol. The lowest BCUT2D eigenvalue weighted by Gasteiger charge is -2.16. The molecule has 1 aliphatic heterocycles. The van der Waals surface area contributed by atoms with Gasteiger partial charge in [0.25, 0.3) is 5.88 Å². The monoisotopic (exact) mass is 261 g/mol. The number of hydrogen-bond acceptors (Lipinski definition) is 4. The predicted octanol–water partition coefficient (Wildman–Crippen LogP) is 1.48. The van der Waals surface area contributed by atoms with E-state index in [9.17, 15) is 4.79 Å². The highest BCUT2D eigenvalue weighted by atomic mass is 35.5.